The number of rotatable bonds is 5. The number of methoxy groups -OCH3 is 2. The van der Waals surface area contributed by atoms with Crippen LogP contribution in [0, 0.1) is 0 Å². The van der Waals surface area contributed by atoms with Gasteiger partial charge in [0.2, 0.25) is 0 Å². The molecule has 0 aliphatic carbocycles. The Morgan fingerprint density at radius 1 is 1.30 bits per heavy atom. The van der Waals surface area contributed by atoms with Gasteiger partial charge in [-0.3, -0.25) is 4.79 Å². The van der Waals surface area contributed by atoms with Gasteiger partial charge in [-0.2, -0.15) is 0 Å². The standard InChI is InChI=1S/C15H17Cl2NO5/c1-21-10-6-12(15(20)22-2)18(7-10)14(19)8-23-13-4-3-9(16)5-11(13)17/h3-5,10,12H,6-8H2,1-2H3. The van der Waals surface area contributed by atoms with Gasteiger partial charge < -0.3 is 19.1 Å². The van der Waals surface area contributed by atoms with E-state index in [1.54, 1.807) is 12.1 Å². The molecule has 0 N–H and O–H groups in total. The Hall–Kier alpha value is -1.50. The van der Waals surface area contributed by atoms with E-state index >= 15 is 0 Å². The number of hydrogen-bond donors (Lipinski definition) is 0. The predicted octanol–water partition coefficient (Wildman–Crippen LogP) is 2.16. The Bertz CT molecular complexity index is 595. The summed E-state index contributed by atoms with van der Waals surface area (Å²) in [6.45, 7) is 0.0676. The van der Waals surface area contributed by atoms with Gasteiger partial charge in [0.05, 0.1) is 18.2 Å². The second kappa shape index (κ2) is 7.86. The van der Waals surface area contributed by atoms with Crippen molar-refractivity contribution in [1.82, 2.24) is 4.90 Å². The smallest absolute Gasteiger partial charge is 0.328 e. The summed E-state index contributed by atoms with van der Waals surface area (Å²) in [5, 5.41) is 0.785. The molecule has 1 aliphatic rings. The van der Waals surface area contributed by atoms with E-state index in [2.05, 4.69) is 0 Å². The molecule has 1 aliphatic heterocycles. The van der Waals surface area contributed by atoms with E-state index in [9.17, 15) is 9.59 Å². The van der Waals surface area contributed by atoms with Gasteiger partial charge in [0.25, 0.3) is 5.91 Å². The zero-order valence-electron chi connectivity index (χ0n) is 12.8. The second-order valence-corrected chi connectivity index (χ2v) is 5.89. The largest absolute Gasteiger partial charge is 0.482 e. The predicted molar refractivity (Wildman–Crippen MR) is 84.9 cm³/mol. The van der Waals surface area contributed by atoms with Crippen LogP contribution in [0.2, 0.25) is 10.0 Å². The number of benzene rings is 1. The van der Waals surface area contributed by atoms with Crippen LogP contribution in [0.5, 0.6) is 5.75 Å². The van der Waals surface area contributed by atoms with E-state index in [4.69, 9.17) is 37.4 Å². The molecule has 23 heavy (non-hydrogen) atoms. The number of ether oxygens (including phenoxy) is 3. The van der Waals surface area contributed by atoms with Gasteiger partial charge in [-0.1, -0.05) is 23.2 Å². The molecule has 8 heteroatoms. The average molecular weight is 362 g/mol. The summed E-state index contributed by atoms with van der Waals surface area (Å²) in [7, 11) is 2.83. The highest BCUT2D eigenvalue weighted by Crippen LogP contribution is 2.28. The third kappa shape index (κ3) is 4.28. The first-order valence-electron chi connectivity index (χ1n) is 6.94. The van der Waals surface area contributed by atoms with Crippen LogP contribution in [0.25, 0.3) is 0 Å². The summed E-state index contributed by atoms with van der Waals surface area (Å²) in [5.74, 6) is -0.463. The minimum Gasteiger partial charge on any atom is -0.482 e. The minimum absolute atomic E-state index is 0.206. The molecule has 2 rings (SSSR count). The summed E-state index contributed by atoms with van der Waals surface area (Å²) in [5.41, 5.74) is 0. The molecule has 6 nitrogen and oxygen atoms in total. The van der Waals surface area contributed by atoms with Gasteiger partial charge in [-0.25, -0.2) is 4.79 Å². The molecule has 1 aromatic rings. The van der Waals surface area contributed by atoms with Crippen molar-refractivity contribution in [2.24, 2.45) is 0 Å². The van der Waals surface area contributed by atoms with Crippen LogP contribution in [0.3, 0.4) is 0 Å². The lowest BCUT2D eigenvalue weighted by molar-refractivity contribution is -0.151. The monoisotopic (exact) mass is 361 g/mol. The third-order valence-corrected chi connectivity index (χ3v) is 4.17. The van der Waals surface area contributed by atoms with Crippen molar-refractivity contribution >= 4 is 35.1 Å². The summed E-state index contributed by atoms with van der Waals surface area (Å²) in [6, 6.07) is 4.05. The molecule has 1 fully saturated rings. The molecule has 1 saturated heterocycles. The first-order valence-corrected chi connectivity index (χ1v) is 7.69. The highest BCUT2D eigenvalue weighted by atomic mass is 35.5. The zero-order chi connectivity index (χ0) is 17.0. The molecular weight excluding hydrogens is 345 g/mol. The van der Waals surface area contributed by atoms with E-state index in [1.807, 2.05) is 0 Å². The van der Waals surface area contributed by atoms with Crippen LogP contribution in [0.4, 0.5) is 0 Å². The Morgan fingerprint density at radius 2 is 2.04 bits per heavy atom. The SMILES string of the molecule is COC(=O)C1CC(OC)CN1C(=O)COc1ccc(Cl)cc1Cl. The molecule has 1 amide bonds. The van der Waals surface area contributed by atoms with Crippen LogP contribution in [-0.4, -0.2) is 56.3 Å². The first-order chi connectivity index (χ1) is 11.0. The van der Waals surface area contributed by atoms with Gasteiger partial charge in [0, 0.05) is 25.1 Å². The van der Waals surface area contributed by atoms with E-state index < -0.39 is 12.0 Å². The highest BCUT2D eigenvalue weighted by molar-refractivity contribution is 6.35. The number of hydrogen-bond acceptors (Lipinski definition) is 5. The summed E-state index contributed by atoms with van der Waals surface area (Å²) in [6.07, 6.45) is 0.193. The van der Waals surface area contributed by atoms with Crippen molar-refractivity contribution in [1.29, 1.82) is 0 Å². The van der Waals surface area contributed by atoms with E-state index in [1.165, 1.54) is 25.2 Å². The van der Waals surface area contributed by atoms with Crippen molar-refractivity contribution in [3.63, 3.8) is 0 Å². The van der Waals surface area contributed by atoms with Crippen molar-refractivity contribution in [3.8, 4) is 5.75 Å². The Morgan fingerprint density at radius 3 is 2.65 bits per heavy atom. The number of esters is 1. The van der Waals surface area contributed by atoms with Gasteiger partial charge in [0.1, 0.15) is 11.8 Å². The first kappa shape index (κ1) is 17.8. The van der Waals surface area contributed by atoms with Gasteiger partial charge in [-0.15, -0.1) is 0 Å². The number of likely N-dealkylation sites (tertiary alicyclic amines) is 1. The molecule has 1 aromatic carbocycles. The summed E-state index contributed by atoms with van der Waals surface area (Å²) >= 11 is 11.8. The number of carbonyl (C=O) groups is 2. The lowest BCUT2D eigenvalue weighted by Gasteiger charge is -2.22. The number of halogens is 2. The summed E-state index contributed by atoms with van der Waals surface area (Å²) in [4.78, 5) is 25.6. The number of amides is 1. The molecule has 2 unspecified atom stereocenters. The van der Waals surface area contributed by atoms with Gasteiger partial charge in [0.15, 0.2) is 6.61 Å². The van der Waals surface area contributed by atoms with Gasteiger partial charge in [-0.05, 0) is 18.2 Å². The van der Waals surface area contributed by atoms with Gasteiger partial charge >= 0.3 is 5.97 Å². The molecule has 0 saturated carbocycles. The number of carbonyl (C=O) groups excluding carboxylic acids is 2. The van der Waals surface area contributed by atoms with Crippen LogP contribution in [-0.2, 0) is 19.1 Å². The zero-order valence-corrected chi connectivity index (χ0v) is 14.3. The second-order valence-electron chi connectivity index (χ2n) is 5.04. The average Bonchev–Trinajstić information content (AvgIpc) is 2.97. The van der Waals surface area contributed by atoms with Crippen molar-refractivity contribution in [2.75, 3.05) is 27.4 Å². The molecular formula is C15H17Cl2NO5. The number of nitrogens with zero attached hydrogens (tertiary/aromatic N) is 1. The Kier molecular flexibility index (Phi) is 6.10. The lowest BCUT2D eigenvalue weighted by Crippen LogP contribution is -2.43. The molecule has 126 valence electrons. The quantitative estimate of drug-likeness (QED) is 0.751. The maximum absolute atomic E-state index is 12.4. The van der Waals surface area contributed by atoms with Crippen LogP contribution in [0.1, 0.15) is 6.42 Å². The highest BCUT2D eigenvalue weighted by Gasteiger charge is 2.40. The normalized spacial score (nSPS) is 20.4. The van der Waals surface area contributed by atoms with Crippen molar-refractivity contribution < 1.29 is 23.8 Å². The Labute approximate surface area is 144 Å². The van der Waals surface area contributed by atoms with Crippen molar-refractivity contribution in [3.05, 3.63) is 28.2 Å². The van der Waals surface area contributed by atoms with Crippen LogP contribution >= 0.6 is 23.2 Å². The molecule has 2 atom stereocenters. The van der Waals surface area contributed by atoms with Crippen molar-refractivity contribution in [2.45, 2.75) is 18.6 Å². The fourth-order valence-electron chi connectivity index (χ4n) is 2.42. The minimum atomic E-state index is -0.665. The van der Waals surface area contributed by atoms with Crippen LogP contribution < -0.4 is 4.74 Å². The molecule has 0 aromatic heterocycles. The van der Waals surface area contributed by atoms with Crippen LogP contribution in [0.15, 0.2) is 18.2 Å². The molecule has 1 heterocycles. The molecule has 0 spiro atoms. The Balaban J connectivity index is 2.02. The maximum Gasteiger partial charge on any atom is 0.328 e. The molecule has 0 radical (unpaired) electrons. The fraction of sp³-hybridized carbons (Fsp3) is 0.467. The third-order valence-electron chi connectivity index (χ3n) is 3.63. The maximum atomic E-state index is 12.4. The fourth-order valence-corrected chi connectivity index (χ4v) is 2.88. The van der Waals surface area contributed by atoms with E-state index in [-0.39, 0.29) is 18.6 Å². The lowest BCUT2D eigenvalue weighted by atomic mass is 10.2. The summed E-state index contributed by atoms with van der Waals surface area (Å²) < 4.78 is 15.4. The van der Waals surface area contributed by atoms with E-state index in [0.717, 1.165) is 0 Å². The molecule has 0 bridgehead atoms. The topological polar surface area (TPSA) is 65.1 Å². The van der Waals surface area contributed by atoms with E-state index in [0.29, 0.717) is 28.8 Å².